The zero-order valence-corrected chi connectivity index (χ0v) is 39.0. The van der Waals surface area contributed by atoms with Crippen molar-refractivity contribution >= 4 is 17.1 Å². The molecule has 0 atom stereocenters. The molecule has 4 aliphatic carbocycles. The lowest BCUT2D eigenvalue weighted by Gasteiger charge is -2.36. The Bertz CT molecular complexity index is 3150. The molecule has 1 nitrogen and oxygen atoms in total. The van der Waals surface area contributed by atoms with Gasteiger partial charge in [-0.1, -0.05) is 203 Å². The number of anilines is 3. The van der Waals surface area contributed by atoms with Crippen molar-refractivity contribution in [1.29, 1.82) is 0 Å². The van der Waals surface area contributed by atoms with Crippen LogP contribution in [0.15, 0.2) is 164 Å². The first kappa shape index (κ1) is 39.2. The molecule has 0 bridgehead atoms. The van der Waals surface area contributed by atoms with Crippen molar-refractivity contribution in [3.05, 3.63) is 219 Å². The van der Waals surface area contributed by atoms with Gasteiger partial charge >= 0.3 is 0 Å². The van der Waals surface area contributed by atoms with Crippen LogP contribution >= 0.6 is 0 Å². The molecule has 0 heterocycles. The fourth-order valence-electron chi connectivity index (χ4n) is 12.6. The first-order valence-electron chi connectivity index (χ1n) is 23.4. The highest BCUT2D eigenvalue weighted by molar-refractivity contribution is 6.02. The van der Waals surface area contributed by atoms with Crippen LogP contribution in [0.5, 0.6) is 0 Å². The van der Waals surface area contributed by atoms with Crippen LogP contribution in [-0.2, 0) is 27.1 Å². The normalized spacial score (nSPS) is 16.0. The van der Waals surface area contributed by atoms with Gasteiger partial charge in [0.05, 0.1) is 11.1 Å². The average molecular weight is 828 g/mol. The summed E-state index contributed by atoms with van der Waals surface area (Å²) in [4.78, 5) is 2.62. The van der Waals surface area contributed by atoms with Crippen LogP contribution in [0.2, 0.25) is 0 Å². The molecule has 0 fully saturated rings. The second-order valence-electron chi connectivity index (χ2n) is 22.1. The Balaban J connectivity index is 1.21. The van der Waals surface area contributed by atoms with E-state index in [4.69, 9.17) is 0 Å². The topological polar surface area (TPSA) is 3.24 Å². The Labute approximate surface area is 380 Å². The Morgan fingerprint density at radius 2 is 0.781 bits per heavy atom. The van der Waals surface area contributed by atoms with E-state index in [1.165, 1.54) is 117 Å². The number of hydrogen-bond donors (Lipinski definition) is 0. The fourth-order valence-corrected chi connectivity index (χ4v) is 12.6. The lowest BCUT2D eigenvalue weighted by Crippen LogP contribution is -2.30. The quantitative estimate of drug-likeness (QED) is 0.171. The van der Waals surface area contributed by atoms with E-state index < -0.39 is 5.41 Å². The largest absolute Gasteiger partial charge is 0.310 e. The van der Waals surface area contributed by atoms with Gasteiger partial charge in [-0.3, -0.25) is 0 Å². The molecule has 1 spiro atoms. The highest BCUT2D eigenvalue weighted by Gasteiger charge is 2.55. The molecule has 0 N–H and O–H groups in total. The molecule has 0 saturated heterocycles. The molecular weight excluding hydrogens is 771 g/mol. The van der Waals surface area contributed by atoms with Crippen LogP contribution in [0, 0.1) is 0 Å². The van der Waals surface area contributed by atoms with Crippen molar-refractivity contribution in [2.45, 2.75) is 96.3 Å². The third-order valence-corrected chi connectivity index (χ3v) is 15.7. The first-order valence-corrected chi connectivity index (χ1v) is 23.4. The fraction of sp³-hybridized carbons (Fsp3) is 0.238. The molecule has 64 heavy (non-hydrogen) atoms. The Morgan fingerprint density at radius 3 is 1.25 bits per heavy atom. The maximum absolute atomic E-state index is 2.62. The van der Waals surface area contributed by atoms with Crippen LogP contribution < -0.4 is 4.90 Å². The minimum absolute atomic E-state index is 0.0633. The lowest BCUT2D eigenvalue weighted by molar-refractivity contribution is 0.558. The zero-order chi connectivity index (χ0) is 44.3. The van der Waals surface area contributed by atoms with E-state index in [9.17, 15) is 0 Å². The van der Waals surface area contributed by atoms with Gasteiger partial charge in [0.25, 0.3) is 0 Å². The number of fused-ring (bicyclic) bond motifs is 16. The molecule has 0 amide bonds. The van der Waals surface area contributed by atoms with Crippen molar-refractivity contribution in [3.63, 3.8) is 0 Å². The molecule has 0 radical (unpaired) electrons. The van der Waals surface area contributed by atoms with Crippen LogP contribution in [0.4, 0.5) is 17.1 Å². The SMILES string of the molecule is CC(C)(C)c1cc2c(c(C(C)(C)C)c1)C1(c3ccccc3-c3ccccc31)c1cccc(N(c3ccc4c(c3)C(C)(C)c3ccccc3-4)c3ccc4c(c3)C(C)(C)c3ccccc3-4)c1-2. The minimum Gasteiger partial charge on any atom is -0.310 e. The molecule has 4 aliphatic rings. The zero-order valence-electron chi connectivity index (χ0n) is 39.0. The predicted octanol–water partition coefficient (Wildman–Crippen LogP) is 16.7. The van der Waals surface area contributed by atoms with Gasteiger partial charge in [-0.2, -0.15) is 0 Å². The molecule has 8 aromatic rings. The van der Waals surface area contributed by atoms with Crippen LogP contribution in [0.1, 0.15) is 125 Å². The third-order valence-electron chi connectivity index (χ3n) is 15.7. The summed E-state index contributed by atoms with van der Waals surface area (Å²) in [6.45, 7) is 24.0. The summed E-state index contributed by atoms with van der Waals surface area (Å²) in [6.07, 6.45) is 0. The molecular formula is C63H57N. The Kier molecular flexibility index (Phi) is 7.87. The van der Waals surface area contributed by atoms with Gasteiger partial charge in [0.2, 0.25) is 0 Å². The van der Waals surface area contributed by atoms with E-state index in [-0.39, 0.29) is 21.7 Å². The highest BCUT2D eigenvalue weighted by atomic mass is 15.1. The van der Waals surface area contributed by atoms with Crippen molar-refractivity contribution < 1.29 is 0 Å². The molecule has 1 heteroatoms. The summed E-state index contributed by atoms with van der Waals surface area (Å²) in [5.74, 6) is 0. The number of benzene rings is 8. The predicted molar refractivity (Wildman–Crippen MR) is 270 cm³/mol. The molecule has 314 valence electrons. The highest BCUT2D eigenvalue weighted by Crippen LogP contribution is 2.67. The number of nitrogens with zero attached hydrogens (tertiary/aromatic N) is 1. The molecule has 0 aliphatic heterocycles. The average Bonchev–Trinajstić information content (AvgIpc) is 3.91. The van der Waals surface area contributed by atoms with E-state index in [0.717, 1.165) is 0 Å². The van der Waals surface area contributed by atoms with E-state index in [1.807, 2.05) is 0 Å². The number of rotatable bonds is 3. The summed E-state index contributed by atoms with van der Waals surface area (Å²) in [5.41, 5.74) is 27.2. The standard InChI is InChI=1S/C63H57N/c1-59(2,3)38-34-47-57-52(63(58(47)55(35-38)60(4,5)6)50-26-17-13-22-43(50)44-23-14-18-27-51(44)63)28-19-29-56(57)64(39-30-32-45-41-20-11-15-24-48(41)61(7,8)53(45)36-39)40-31-33-46-42-21-12-16-25-49(42)62(9,10)54(46)37-40/h11-37H,1-10H3. The van der Waals surface area contributed by atoms with E-state index in [0.29, 0.717) is 0 Å². The van der Waals surface area contributed by atoms with Crippen molar-refractivity contribution in [2.24, 2.45) is 0 Å². The smallest absolute Gasteiger partial charge is 0.0729 e. The van der Waals surface area contributed by atoms with Crippen LogP contribution in [0.25, 0.3) is 44.5 Å². The van der Waals surface area contributed by atoms with Gasteiger partial charge in [-0.15, -0.1) is 0 Å². The van der Waals surface area contributed by atoms with Crippen LogP contribution in [0.3, 0.4) is 0 Å². The van der Waals surface area contributed by atoms with Gasteiger partial charge in [0, 0.05) is 27.8 Å². The minimum atomic E-state index is -0.498. The Hall–Kier alpha value is -6.44. The third kappa shape index (κ3) is 5.02. The first-order chi connectivity index (χ1) is 30.5. The van der Waals surface area contributed by atoms with Crippen molar-refractivity contribution in [3.8, 4) is 44.5 Å². The maximum atomic E-state index is 2.62. The van der Waals surface area contributed by atoms with Gasteiger partial charge in [0.1, 0.15) is 0 Å². The monoisotopic (exact) mass is 827 g/mol. The van der Waals surface area contributed by atoms with Crippen LogP contribution in [-0.4, -0.2) is 0 Å². The summed E-state index contributed by atoms with van der Waals surface area (Å²) >= 11 is 0. The molecule has 0 unspecified atom stereocenters. The molecule has 8 aromatic carbocycles. The summed E-state index contributed by atoms with van der Waals surface area (Å²) in [6, 6.07) is 63.5. The Morgan fingerprint density at radius 1 is 0.359 bits per heavy atom. The van der Waals surface area contributed by atoms with Gasteiger partial charge in [-0.25, -0.2) is 0 Å². The number of hydrogen-bond acceptors (Lipinski definition) is 1. The van der Waals surface area contributed by atoms with E-state index >= 15 is 0 Å². The molecule has 12 rings (SSSR count). The van der Waals surface area contributed by atoms with Gasteiger partial charge in [0.15, 0.2) is 0 Å². The molecule has 0 aromatic heterocycles. The summed E-state index contributed by atoms with van der Waals surface area (Å²) in [7, 11) is 0. The second kappa shape index (κ2) is 12.9. The molecule has 0 saturated carbocycles. The van der Waals surface area contributed by atoms with Crippen molar-refractivity contribution in [2.75, 3.05) is 4.90 Å². The maximum Gasteiger partial charge on any atom is 0.0729 e. The summed E-state index contributed by atoms with van der Waals surface area (Å²) < 4.78 is 0. The van der Waals surface area contributed by atoms with Gasteiger partial charge in [-0.05, 0) is 136 Å². The van der Waals surface area contributed by atoms with E-state index in [1.54, 1.807) is 0 Å². The summed E-state index contributed by atoms with van der Waals surface area (Å²) in [5, 5.41) is 0. The van der Waals surface area contributed by atoms with Gasteiger partial charge < -0.3 is 4.90 Å². The second-order valence-corrected chi connectivity index (χ2v) is 22.1. The van der Waals surface area contributed by atoms with Crippen molar-refractivity contribution in [1.82, 2.24) is 0 Å². The lowest BCUT2D eigenvalue weighted by atomic mass is 9.65. The van der Waals surface area contributed by atoms with E-state index in [2.05, 4.69) is 238 Å².